The van der Waals surface area contributed by atoms with Gasteiger partial charge in [-0.1, -0.05) is 17.2 Å². The highest BCUT2D eigenvalue weighted by Crippen LogP contribution is 2.26. The van der Waals surface area contributed by atoms with Crippen LogP contribution in [0.1, 0.15) is 37.4 Å². The fourth-order valence-electron chi connectivity index (χ4n) is 2.67. The van der Waals surface area contributed by atoms with Gasteiger partial charge in [0.15, 0.2) is 0 Å². The third-order valence-electron chi connectivity index (χ3n) is 3.89. The van der Waals surface area contributed by atoms with Crippen LogP contribution < -0.4 is 4.90 Å². The van der Waals surface area contributed by atoms with Gasteiger partial charge >= 0.3 is 0 Å². The highest BCUT2D eigenvalue weighted by Gasteiger charge is 2.19. The first kappa shape index (κ1) is 15.6. The molecule has 0 spiro atoms. The summed E-state index contributed by atoms with van der Waals surface area (Å²) in [7, 11) is 0. The van der Waals surface area contributed by atoms with Crippen LogP contribution in [-0.2, 0) is 0 Å². The van der Waals surface area contributed by atoms with Crippen molar-refractivity contribution in [1.82, 2.24) is 0 Å². The minimum absolute atomic E-state index is 0.181. The number of hydrogen-bond donors (Lipinski definition) is 2. The number of hydrogen-bond acceptors (Lipinski definition) is 4. The number of piperidine rings is 1. The number of benzene rings is 1. The zero-order chi connectivity index (χ0) is 15.1. The summed E-state index contributed by atoms with van der Waals surface area (Å²) in [6, 6.07) is 7.69. The molecule has 1 aromatic carbocycles. The number of anilines is 1. The van der Waals surface area contributed by atoms with Crippen molar-refractivity contribution in [3.05, 3.63) is 40.3 Å². The molecule has 2 atom stereocenters. The molecule has 1 aliphatic rings. The molecule has 1 fully saturated rings. The van der Waals surface area contributed by atoms with Gasteiger partial charge in [0.1, 0.15) is 6.10 Å². The Labute approximate surface area is 124 Å². The summed E-state index contributed by atoms with van der Waals surface area (Å²) in [6.07, 6.45) is 2.04. The number of nitrogens with zero attached hydrogens (tertiary/aromatic N) is 4. The Kier molecular flexibility index (Phi) is 5.87. The smallest absolute Gasteiger partial charge is 0.105 e. The number of azide groups is 1. The molecule has 2 rings (SSSR count). The van der Waals surface area contributed by atoms with Gasteiger partial charge in [-0.2, -0.15) is 0 Å². The van der Waals surface area contributed by atoms with Gasteiger partial charge in [0.2, 0.25) is 0 Å². The largest absolute Gasteiger partial charge is 0.390 e. The fourth-order valence-corrected chi connectivity index (χ4v) is 2.67. The molecule has 0 bridgehead atoms. The maximum Gasteiger partial charge on any atom is 0.105 e. The number of aliphatic hydroxyl groups is 2. The highest BCUT2D eigenvalue weighted by molar-refractivity contribution is 5.49. The Bertz CT molecular complexity index is 496. The summed E-state index contributed by atoms with van der Waals surface area (Å²) < 4.78 is 0. The summed E-state index contributed by atoms with van der Waals surface area (Å²) in [5.41, 5.74) is 10.0. The Hall–Kier alpha value is -1.75. The van der Waals surface area contributed by atoms with Crippen molar-refractivity contribution < 1.29 is 10.2 Å². The average Bonchev–Trinajstić information content (AvgIpc) is 2.55. The summed E-state index contributed by atoms with van der Waals surface area (Å²) in [6.45, 7) is 2.26. The quantitative estimate of drug-likeness (QED) is 0.479. The lowest BCUT2D eigenvalue weighted by molar-refractivity contribution is 0.0150. The van der Waals surface area contributed by atoms with Crippen LogP contribution in [0.15, 0.2) is 29.4 Å². The van der Waals surface area contributed by atoms with Gasteiger partial charge < -0.3 is 15.1 Å². The van der Waals surface area contributed by atoms with Crippen molar-refractivity contribution in [2.75, 3.05) is 24.5 Å². The SMILES string of the molecule is [N-]=[N+]=NCCC(O)C(O)c1cccc(N2CCCCC2)c1. The second-order valence-corrected chi connectivity index (χ2v) is 5.40. The van der Waals surface area contributed by atoms with Gasteiger partial charge in [0, 0.05) is 30.2 Å². The van der Waals surface area contributed by atoms with E-state index in [0.717, 1.165) is 18.8 Å². The van der Waals surface area contributed by atoms with Crippen LogP contribution in [0.5, 0.6) is 0 Å². The zero-order valence-corrected chi connectivity index (χ0v) is 12.1. The lowest BCUT2D eigenvalue weighted by atomic mass is 10.0. The van der Waals surface area contributed by atoms with E-state index in [0.29, 0.717) is 5.56 Å². The topological polar surface area (TPSA) is 92.5 Å². The normalized spacial score (nSPS) is 17.9. The molecule has 1 aromatic rings. The Morgan fingerprint density at radius 3 is 2.71 bits per heavy atom. The van der Waals surface area contributed by atoms with Gasteiger partial charge in [-0.15, -0.1) is 0 Å². The Balaban J connectivity index is 2.03. The molecule has 6 nitrogen and oxygen atoms in total. The molecule has 0 aliphatic carbocycles. The number of rotatable bonds is 6. The van der Waals surface area contributed by atoms with Crippen molar-refractivity contribution in [1.29, 1.82) is 0 Å². The fraction of sp³-hybridized carbons (Fsp3) is 0.600. The molecule has 1 saturated heterocycles. The van der Waals surface area contributed by atoms with Crippen molar-refractivity contribution in [3.8, 4) is 0 Å². The van der Waals surface area contributed by atoms with Crippen molar-refractivity contribution in [2.45, 2.75) is 37.9 Å². The van der Waals surface area contributed by atoms with Gasteiger partial charge in [-0.3, -0.25) is 0 Å². The minimum atomic E-state index is -0.955. The van der Waals surface area contributed by atoms with Crippen LogP contribution in [0.4, 0.5) is 5.69 Å². The van der Waals surface area contributed by atoms with Crippen LogP contribution in [0.2, 0.25) is 0 Å². The predicted molar refractivity (Wildman–Crippen MR) is 82.1 cm³/mol. The van der Waals surface area contributed by atoms with Crippen LogP contribution in [0, 0.1) is 0 Å². The molecular formula is C15H22N4O2. The third kappa shape index (κ3) is 4.36. The summed E-state index contributed by atoms with van der Waals surface area (Å²) in [5.74, 6) is 0. The molecule has 1 aliphatic heterocycles. The van der Waals surface area contributed by atoms with Gasteiger partial charge in [0.25, 0.3) is 0 Å². The Morgan fingerprint density at radius 1 is 1.24 bits per heavy atom. The van der Waals surface area contributed by atoms with E-state index in [1.807, 2.05) is 24.3 Å². The molecule has 114 valence electrons. The highest BCUT2D eigenvalue weighted by atomic mass is 16.3. The van der Waals surface area contributed by atoms with Gasteiger partial charge in [0.05, 0.1) is 6.10 Å². The van der Waals surface area contributed by atoms with Crippen LogP contribution in [0.3, 0.4) is 0 Å². The van der Waals surface area contributed by atoms with Gasteiger partial charge in [-0.05, 0) is 48.9 Å². The van der Waals surface area contributed by atoms with Gasteiger partial charge in [-0.25, -0.2) is 0 Å². The maximum atomic E-state index is 10.2. The second-order valence-electron chi connectivity index (χ2n) is 5.40. The summed E-state index contributed by atoms with van der Waals surface area (Å²) in [5, 5.41) is 23.5. The first-order valence-corrected chi connectivity index (χ1v) is 7.44. The van der Waals surface area contributed by atoms with Crippen LogP contribution >= 0.6 is 0 Å². The summed E-state index contributed by atoms with van der Waals surface area (Å²) >= 11 is 0. The van der Waals surface area contributed by atoms with Crippen molar-refractivity contribution in [3.63, 3.8) is 0 Å². The monoisotopic (exact) mass is 290 g/mol. The molecular weight excluding hydrogens is 268 g/mol. The predicted octanol–water partition coefficient (Wildman–Crippen LogP) is 2.77. The van der Waals surface area contributed by atoms with E-state index in [1.165, 1.54) is 19.3 Å². The van der Waals surface area contributed by atoms with E-state index < -0.39 is 12.2 Å². The molecule has 0 amide bonds. The molecule has 0 saturated carbocycles. The van der Waals surface area contributed by atoms with E-state index >= 15 is 0 Å². The van der Waals surface area contributed by atoms with Crippen LogP contribution in [-0.4, -0.2) is 36.0 Å². The number of aliphatic hydroxyl groups excluding tert-OH is 2. The standard InChI is InChI=1S/C15H22N4O2/c16-18-17-8-7-14(20)15(21)12-5-4-6-13(11-12)19-9-2-1-3-10-19/h4-6,11,14-15,20-21H,1-3,7-10H2. The van der Waals surface area contributed by atoms with Crippen molar-refractivity contribution >= 4 is 5.69 Å². The average molecular weight is 290 g/mol. The maximum absolute atomic E-state index is 10.2. The lowest BCUT2D eigenvalue weighted by Gasteiger charge is -2.29. The minimum Gasteiger partial charge on any atom is -0.390 e. The molecule has 0 aromatic heterocycles. The molecule has 21 heavy (non-hydrogen) atoms. The Morgan fingerprint density at radius 2 is 2.00 bits per heavy atom. The molecule has 0 radical (unpaired) electrons. The van der Waals surface area contributed by atoms with E-state index in [-0.39, 0.29) is 13.0 Å². The second kappa shape index (κ2) is 7.88. The van der Waals surface area contributed by atoms with Crippen molar-refractivity contribution in [2.24, 2.45) is 5.11 Å². The molecule has 6 heteroatoms. The molecule has 2 unspecified atom stereocenters. The first-order chi connectivity index (χ1) is 10.2. The molecule has 2 N–H and O–H groups in total. The van der Waals surface area contributed by atoms with E-state index in [2.05, 4.69) is 14.9 Å². The molecule has 1 heterocycles. The van der Waals surface area contributed by atoms with E-state index in [4.69, 9.17) is 5.53 Å². The van der Waals surface area contributed by atoms with E-state index in [1.54, 1.807) is 0 Å². The third-order valence-corrected chi connectivity index (χ3v) is 3.89. The van der Waals surface area contributed by atoms with E-state index in [9.17, 15) is 10.2 Å². The lowest BCUT2D eigenvalue weighted by Crippen LogP contribution is -2.29. The summed E-state index contributed by atoms with van der Waals surface area (Å²) in [4.78, 5) is 4.95. The first-order valence-electron chi connectivity index (χ1n) is 7.44. The zero-order valence-electron chi connectivity index (χ0n) is 12.1. The van der Waals surface area contributed by atoms with Crippen LogP contribution in [0.25, 0.3) is 10.4 Å².